The molecule has 11 N–H and O–H groups in total. The van der Waals surface area contributed by atoms with Crippen molar-refractivity contribution in [2.24, 2.45) is 17.8 Å². The molecule has 0 spiro atoms. The summed E-state index contributed by atoms with van der Waals surface area (Å²) in [5.41, 5.74) is -2.59. The molecule has 6 aliphatic heterocycles. The quantitative estimate of drug-likeness (QED) is 0.0236. The second-order valence-electron chi connectivity index (χ2n) is 37.0. The number of nitrogens with zero attached hydrogens (tertiary/aromatic N) is 18. The number of aromatic carboxylic acids is 6. The van der Waals surface area contributed by atoms with Crippen molar-refractivity contribution in [3.05, 3.63) is 109 Å². The van der Waals surface area contributed by atoms with Crippen LogP contribution < -0.4 is 40.9 Å². The van der Waals surface area contributed by atoms with Crippen LogP contribution >= 0.6 is 0 Å². The maximum Gasteiger partial charge on any atom is 0.410 e. The number of β-amino-alcohol motifs (C(OH)–C–C–N with tert-alkyl or cyclic N) is 1. The van der Waals surface area contributed by atoms with E-state index in [9.17, 15) is 57.8 Å². The number of likely N-dealkylation sites (tertiary alicyclic amines) is 2. The number of piperidine rings is 4. The number of aliphatic hydroxyl groups is 1. The molecular formula is C87H126N22O23. The lowest BCUT2D eigenvalue weighted by Crippen LogP contribution is -2.46. The number of alkyl carbamates (subject to hydrolysis) is 2. The molecule has 4 amide bonds. The first-order valence-electron chi connectivity index (χ1n) is 43.5. The Labute approximate surface area is 765 Å². The normalized spacial score (nSPS) is 16.8. The zero-order chi connectivity index (χ0) is 97.4. The molecule has 45 heteroatoms. The number of esters is 1. The van der Waals surface area contributed by atoms with E-state index < -0.39 is 76.0 Å². The van der Waals surface area contributed by atoms with Gasteiger partial charge in [-0.05, 0) is 192 Å². The van der Waals surface area contributed by atoms with E-state index >= 15 is 0 Å². The highest BCUT2D eigenvalue weighted by molar-refractivity contribution is 5.89. The van der Waals surface area contributed by atoms with Gasteiger partial charge in [0.15, 0.2) is 34.2 Å². The average Bonchev–Trinajstić information content (AvgIpc) is 1.27. The second kappa shape index (κ2) is 49.0. The third kappa shape index (κ3) is 38.7. The predicted molar refractivity (Wildman–Crippen MR) is 479 cm³/mol. The largest absolute Gasteiger partial charge is 0.477 e. The molecule has 0 radical (unpaired) electrons. The summed E-state index contributed by atoms with van der Waals surface area (Å²) in [6, 6.07) is 8.84. The summed E-state index contributed by atoms with van der Waals surface area (Å²) in [4.78, 5) is 182. The lowest BCUT2D eigenvalue weighted by Gasteiger charge is -2.33. The summed E-state index contributed by atoms with van der Waals surface area (Å²) in [6.45, 7) is 36.9. The van der Waals surface area contributed by atoms with Crippen molar-refractivity contribution in [1.29, 1.82) is 0 Å². The first-order chi connectivity index (χ1) is 61.9. The van der Waals surface area contributed by atoms with Crippen LogP contribution in [-0.2, 0) is 28.5 Å². The van der Waals surface area contributed by atoms with E-state index in [4.69, 9.17) is 54.3 Å². The number of carboxylic acid groups (broad SMARTS) is 6. The van der Waals surface area contributed by atoms with Gasteiger partial charge in [0.25, 0.3) is 0 Å². The van der Waals surface area contributed by atoms with Gasteiger partial charge in [-0.25, -0.2) is 108 Å². The molecule has 1 unspecified atom stereocenters. The summed E-state index contributed by atoms with van der Waals surface area (Å²) >= 11 is 0. The summed E-state index contributed by atoms with van der Waals surface area (Å²) in [5.74, 6) is -2.07. The number of rotatable bonds is 21. The Morgan fingerprint density at radius 2 is 0.667 bits per heavy atom. The number of aromatic nitrogens is 12. The highest BCUT2D eigenvalue weighted by Crippen LogP contribution is 2.29. The molecule has 132 heavy (non-hydrogen) atoms. The number of nitrogens with one attached hydrogen (secondary N) is 4. The molecular weight excluding hydrogens is 1720 g/mol. The van der Waals surface area contributed by atoms with Crippen molar-refractivity contribution in [2.75, 3.05) is 122 Å². The fourth-order valence-corrected chi connectivity index (χ4v) is 13.9. The van der Waals surface area contributed by atoms with Gasteiger partial charge >= 0.3 is 66.2 Å². The Hall–Kier alpha value is -13.4. The fraction of sp³-hybridized carbons (Fsp3) is 0.598. The number of amides is 4. The number of carbonyl (C=O) groups excluding carboxylic acids is 5. The molecule has 0 bridgehead atoms. The van der Waals surface area contributed by atoms with Crippen molar-refractivity contribution in [3.63, 3.8) is 0 Å². The van der Waals surface area contributed by atoms with Crippen molar-refractivity contribution < 1.29 is 112 Å². The van der Waals surface area contributed by atoms with E-state index in [0.29, 0.717) is 132 Å². The third-order valence-electron chi connectivity index (χ3n) is 20.3. The van der Waals surface area contributed by atoms with Gasteiger partial charge in [0.2, 0.25) is 0 Å². The number of carboxylic acids is 6. The second-order valence-corrected chi connectivity index (χ2v) is 37.0. The van der Waals surface area contributed by atoms with Crippen LogP contribution in [0.2, 0.25) is 0 Å². The third-order valence-corrected chi connectivity index (χ3v) is 20.3. The zero-order valence-electron chi connectivity index (χ0n) is 77.5. The number of ether oxygens (including phenoxy) is 5. The van der Waals surface area contributed by atoms with Crippen LogP contribution in [0.15, 0.2) is 74.4 Å². The number of hydrogen-bond acceptors (Lipinski definition) is 35. The summed E-state index contributed by atoms with van der Waals surface area (Å²) in [5, 5.41) is 74.8. The van der Waals surface area contributed by atoms with Gasteiger partial charge in [-0.15, -0.1) is 0 Å². The summed E-state index contributed by atoms with van der Waals surface area (Å²) in [7, 11) is 0. The minimum Gasteiger partial charge on any atom is -0.477 e. The first-order valence-corrected chi connectivity index (χ1v) is 43.5. The average molecular weight is 1850 g/mol. The van der Waals surface area contributed by atoms with E-state index in [1.165, 1.54) is 74.4 Å². The van der Waals surface area contributed by atoms with Gasteiger partial charge in [0.1, 0.15) is 101 Å². The maximum absolute atomic E-state index is 12.0. The summed E-state index contributed by atoms with van der Waals surface area (Å²) in [6.07, 6.45) is 15.2. The number of anilines is 6. The van der Waals surface area contributed by atoms with Crippen molar-refractivity contribution in [2.45, 2.75) is 227 Å². The molecule has 0 saturated carbocycles. The smallest absolute Gasteiger partial charge is 0.410 e. The molecule has 6 aromatic rings. The monoisotopic (exact) mass is 1850 g/mol. The topological polar surface area (TPSA) is 598 Å². The van der Waals surface area contributed by atoms with Crippen molar-refractivity contribution in [3.8, 4) is 0 Å². The van der Waals surface area contributed by atoms with Crippen molar-refractivity contribution >= 4 is 101 Å². The number of hydrogen-bond donors (Lipinski definition) is 11. The highest BCUT2D eigenvalue weighted by atomic mass is 16.6. The molecule has 6 fully saturated rings. The van der Waals surface area contributed by atoms with Gasteiger partial charge in [0, 0.05) is 147 Å². The van der Waals surface area contributed by atoms with Crippen LogP contribution in [0.25, 0.3) is 0 Å². The Balaban J connectivity index is 0.000000217. The fourth-order valence-electron chi connectivity index (χ4n) is 13.9. The van der Waals surface area contributed by atoms with Gasteiger partial charge in [-0.2, -0.15) is 0 Å². The Bertz CT molecular complexity index is 4780. The Kier molecular flexibility index (Phi) is 39.2. The molecule has 0 aromatic carbocycles. The Morgan fingerprint density at radius 1 is 0.341 bits per heavy atom. The number of aliphatic hydroxyl groups excluding tert-OH is 1. The standard InChI is InChI=1S/C17H25N3O4.C16H24N4O4.3C15H22N4O4.C9H11N3O3/c1-17(2,3)24-15(21)5-4-12-6-8-20(9-7-12)14-10-13(16(22)23)18-11-19-14;1-16(2,3)24-15(23)20-6-4-11(5-7-20)9-17-13-8-12(14(21)22)18-10-19-13;1-15(2,3)23-14(22)18-10-4-6-19(7-5-10)12-8-11(13(20)21)16-9-17-12;1-15(2,3)23-14(22)19-6-4-10(5-7-19)18-12-8-11(13(20)21)16-9-17-12;1-15(2,3)23-14(22)16-7-10-4-5-19(8-10)12-6-11(13(20)21)17-9-18-12;13-6-1-2-12(4-6)8-3-7(9(14)15)10-5-11-8/h10-12H,4-9H2,1-3H3,(H,22,23);8,10-11H,4-7,9H2,1-3H3,(H,21,22)(H,17,18,19);8-10H,4-7H2,1-3H3,(H,18,22)(H,20,21);8-10H,4-7H2,1-3H3,(H,20,21)(H,16,17,18);6,9-10H,4-5,7-8H2,1-3H3,(H,16,22)(H,20,21);3,5-6,13H,1-2,4H2,(H,14,15)/t;;;;10-;/m....0./s1. The van der Waals surface area contributed by atoms with Crippen molar-refractivity contribution in [1.82, 2.24) is 80.2 Å². The van der Waals surface area contributed by atoms with E-state index in [-0.39, 0.29) is 76.4 Å². The van der Waals surface area contributed by atoms with Gasteiger partial charge in [0.05, 0.1) is 6.10 Å². The van der Waals surface area contributed by atoms with Gasteiger partial charge in [-0.3, -0.25) is 4.79 Å². The molecule has 2 atom stereocenters. The van der Waals surface area contributed by atoms with Crippen LogP contribution in [0.4, 0.5) is 54.1 Å². The molecule has 6 aromatic heterocycles. The maximum atomic E-state index is 12.0. The minimum atomic E-state index is -1.09. The van der Waals surface area contributed by atoms with E-state index in [2.05, 4.69) is 86.0 Å². The molecule has 0 aliphatic carbocycles. The van der Waals surface area contributed by atoms with Crippen LogP contribution in [0.5, 0.6) is 0 Å². The highest BCUT2D eigenvalue weighted by Gasteiger charge is 2.33. The molecule has 12 heterocycles. The van der Waals surface area contributed by atoms with Crippen LogP contribution in [-0.4, -0.2) is 309 Å². The molecule has 6 saturated heterocycles. The summed E-state index contributed by atoms with van der Waals surface area (Å²) < 4.78 is 26.5. The van der Waals surface area contributed by atoms with E-state index in [1.807, 2.05) is 119 Å². The zero-order valence-corrected chi connectivity index (χ0v) is 77.5. The van der Waals surface area contributed by atoms with E-state index in [0.717, 1.165) is 83.8 Å². The van der Waals surface area contributed by atoms with Gasteiger partial charge in [-0.1, -0.05) is 0 Å². The minimum absolute atomic E-state index is 0.00653. The SMILES string of the molecule is CC(C)(C)OC(=O)CCC1CCN(c2cc(C(=O)O)ncn2)CC1.CC(C)(C)OC(=O)N1CCC(CNc2cc(C(=O)O)ncn2)CC1.CC(C)(C)OC(=O)N1CCC(Nc2cc(C(=O)O)ncn2)CC1.CC(C)(C)OC(=O)NC1CCN(c2cc(C(=O)O)ncn2)CC1.CC(C)(C)OC(=O)NC[C@@H]1CCN(c2cc(C(=O)O)ncn2)C1.O=C(O)c1cc(N2CCC(O)C2)ncn1. The molecule has 6 aliphatic rings. The van der Waals surface area contributed by atoms with Crippen LogP contribution in [0.1, 0.15) is 244 Å². The molecule has 45 nitrogen and oxygen atoms in total. The van der Waals surface area contributed by atoms with Crippen LogP contribution in [0.3, 0.4) is 0 Å². The Morgan fingerprint density at radius 3 is 1.07 bits per heavy atom. The molecule has 722 valence electrons. The predicted octanol–water partition coefficient (Wildman–Crippen LogP) is 9.67. The van der Waals surface area contributed by atoms with Gasteiger partial charge < -0.3 is 110 Å². The lowest BCUT2D eigenvalue weighted by molar-refractivity contribution is -0.155. The first kappa shape index (κ1) is 106. The van der Waals surface area contributed by atoms with E-state index in [1.54, 1.807) is 9.80 Å². The lowest BCUT2D eigenvalue weighted by atomic mass is 9.92. The van der Waals surface area contributed by atoms with Crippen LogP contribution in [0, 0.1) is 17.8 Å². The molecule has 12 rings (SSSR count). The number of carbonyl (C=O) groups is 11.